The zero-order valence-electron chi connectivity index (χ0n) is 19.5. The summed E-state index contributed by atoms with van der Waals surface area (Å²) in [7, 11) is 3.35. The SMILES string of the molecule is COc1ccc(OC)c(CC2c3cc4c(cc3CCN2C(=NC#N)N2CCCC2)OCO4)c1.Cl. The number of hydrogen-bond donors (Lipinski definition) is 0. The molecule has 0 bridgehead atoms. The molecule has 0 saturated carbocycles. The van der Waals surface area contributed by atoms with Crippen molar-refractivity contribution < 1.29 is 18.9 Å². The van der Waals surface area contributed by atoms with Crippen LogP contribution in [0.2, 0.25) is 0 Å². The third kappa shape index (κ3) is 4.40. The lowest BCUT2D eigenvalue weighted by Gasteiger charge is -2.41. The third-order valence-electron chi connectivity index (χ3n) is 6.69. The molecule has 1 atom stereocenters. The first-order valence-electron chi connectivity index (χ1n) is 11.3. The van der Waals surface area contributed by atoms with Crippen LogP contribution < -0.4 is 18.9 Å². The molecule has 0 N–H and O–H groups in total. The molecule has 1 unspecified atom stereocenters. The van der Waals surface area contributed by atoms with Gasteiger partial charge in [-0.05, 0) is 60.7 Å². The summed E-state index contributed by atoms with van der Waals surface area (Å²) in [6.07, 6.45) is 5.79. The summed E-state index contributed by atoms with van der Waals surface area (Å²) in [5, 5.41) is 9.51. The van der Waals surface area contributed by atoms with Crippen LogP contribution >= 0.6 is 12.4 Å². The van der Waals surface area contributed by atoms with Crippen molar-refractivity contribution in [3.8, 4) is 29.2 Å². The summed E-state index contributed by atoms with van der Waals surface area (Å²) < 4.78 is 22.5. The predicted octanol–water partition coefficient (Wildman–Crippen LogP) is 3.93. The molecule has 0 aromatic heterocycles. The predicted molar refractivity (Wildman–Crippen MR) is 130 cm³/mol. The Morgan fingerprint density at radius 1 is 1.09 bits per heavy atom. The molecule has 180 valence electrons. The van der Waals surface area contributed by atoms with E-state index in [9.17, 15) is 5.26 Å². The standard InChI is InChI=1S/C25H28N4O4.ClH/c1-30-19-5-6-22(31-2)18(11-19)12-21-20-14-24-23(32-16-33-24)13-17(20)7-10-29(21)25(27-15-26)28-8-3-4-9-28;/h5-6,11,13-14,21H,3-4,7-10,12,16H2,1-2H3;1H. The zero-order chi connectivity index (χ0) is 22.8. The molecule has 0 aliphatic carbocycles. The first kappa shape index (κ1) is 23.8. The lowest BCUT2D eigenvalue weighted by molar-refractivity contribution is 0.174. The first-order chi connectivity index (χ1) is 16.2. The monoisotopic (exact) mass is 484 g/mol. The Balaban J connectivity index is 0.00000274. The van der Waals surface area contributed by atoms with Gasteiger partial charge in [0, 0.05) is 31.6 Å². The molecule has 5 rings (SSSR count). The molecular weight excluding hydrogens is 456 g/mol. The second kappa shape index (κ2) is 10.3. The number of benzene rings is 2. The highest BCUT2D eigenvalue weighted by molar-refractivity contribution is 5.85. The largest absolute Gasteiger partial charge is 0.497 e. The van der Waals surface area contributed by atoms with Crippen molar-refractivity contribution in [1.29, 1.82) is 5.26 Å². The van der Waals surface area contributed by atoms with E-state index in [4.69, 9.17) is 18.9 Å². The summed E-state index contributed by atoms with van der Waals surface area (Å²) in [5.74, 6) is 3.90. The fourth-order valence-corrected chi connectivity index (χ4v) is 5.08. The van der Waals surface area contributed by atoms with E-state index in [0.717, 1.165) is 73.4 Å². The van der Waals surface area contributed by atoms with Crippen LogP contribution in [0.4, 0.5) is 0 Å². The topological polar surface area (TPSA) is 79.6 Å². The normalized spacial score (nSPS) is 18.7. The highest BCUT2D eigenvalue weighted by Crippen LogP contribution is 2.43. The molecule has 0 spiro atoms. The number of nitriles is 1. The number of ether oxygens (including phenoxy) is 4. The van der Waals surface area contributed by atoms with Gasteiger partial charge in [-0.25, -0.2) is 0 Å². The van der Waals surface area contributed by atoms with Gasteiger partial charge in [0.25, 0.3) is 0 Å². The molecule has 0 amide bonds. The molecular formula is C25H29ClN4O4. The van der Waals surface area contributed by atoms with Gasteiger partial charge >= 0.3 is 0 Å². The van der Waals surface area contributed by atoms with Crippen LogP contribution in [0.5, 0.6) is 23.0 Å². The maximum absolute atomic E-state index is 9.51. The van der Waals surface area contributed by atoms with E-state index in [-0.39, 0.29) is 25.2 Å². The first-order valence-corrected chi connectivity index (χ1v) is 11.3. The van der Waals surface area contributed by atoms with Crippen molar-refractivity contribution in [1.82, 2.24) is 9.80 Å². The molecule has 34 heavy (non-hydrogen) atoms. The fraction of sp³-hybridized carbons (Fsp3) is 0.440. The van der Waals surface area contributed by atoms with E-state index in [1.54, 1.807) is 14.2 Å². The Morgan fingerprint density at radius 2 is 1.85 bits per heavy atom. The van der Waals surface area contributed by atoms with Crippen molar-refractivity contribution in [2.24, 2.45) is 4.99 Å². The van der Waals surface area contributed by atoms with Crippen LogP contribution in [0.1, 0.15) is 35.6 Å². The summed E-state index contributed by atoms with van der Waals surface area (Å²) >= 11 is 0. The maximum atomic E-state index is 9.51. The van der Waals surface area contributed by atoms with Gasteiger partial charge in [-0.2, -0.15) is 5.26 Å². The van der Waals surface area contributed by atoms with Crippen LogP contribution in [0.25, 0.3) is 0 Å². The number of guanidine groups is 1. The van der Waals surface area contributed by atoms with E-state index in [1.165, 1.54) is 11.1 Å². The fourth-order valence-electron chi connectivity index (χ4n) is 5.08. The van der Waals surface area contributed by atoms with E-state index in [2.05, 4.69) is 26.9 Å². The molecule has 2 aromatic carbocycles. The number of fused-ring (bicyclic) bond motifs is 2. The number of rotatable bonds is 4. The Kier molecular flexibility index (Phi) is 7.23. The molecule has 3 aliphatic rings. The molecule has 9 heteroatoms. The Labute approximate surface area is 206 Å². The number of likely N-dealkylation sites (tertiary alicyclic amines) is 1. The number of aliphatic imine (C=N–C) groups is 1. The minimum Gasteiger partial charge on any atom is -0.497 e. The van der Waals surface area contributed by atoms with Crippen LogP contribution in [0, 0.1) is 11.5 Å². The smallest absolute Gasteiger partial charge is 0.231 e. The van der Waals surface area contributed by atoms with Crippen LogP contribution in [-0.4, -0.2) is 56.4 Å². The Bertz CT molecular complexity index is 1110. The molecule has 8 nitrogen and oxygen atoms in total. The van der Waals surface area contributed by atoms with Gasteiger partial charge in [-0.1, -0.05) is 0 Å². The molecule has 0 radical (unpaired) electrons. The third-order valence-corrected chi connectivity index (χ3v) is 6.69. The van der Waals surface area contributed by atoms with E-state index in [0.29, 0.717) is 6.42 Å². The lowest BCUT2D eigenvalue weighted by atomic mass is 9.88. The van der Waals surface area contributed by atoms with Crippen molar-refractivity contribution in [2.45, 2.75) is 31.7 Å². The number of hydrogen-bond acceptors (Lipinski definition) is 6. The van der Waals surface area contributed by atoms with Crippen LogP contribution in [0.15, 0.2) is 35.3 Å². The average Bonchev–Trinajstić information content (AvgIpc) is 3.53. The van der Waals surface area contributed by atoms with Gasteiger partial charge in [0.15, 0.2) is 11.5 Å². The van der Waals surface area contributed by atoms with Gasteiger partial charge in [0.2, 0.25) is 18.9 Å². The molecule has 3 heterocycles. The van der Waals surface area contributed by atoms with Crippen molar-refractivity contribution in [3.63, 3.8) is 0 Å². The highest BCUT2D eigenvalue weighted by Gasteiger charge is 2.35. The van der Waals surface area contributed by atoms with E-state index < -0.39 is 0 Å². The van der Waals surface area contributed by atoms with Gasteiger partial charge in [0.05, 0.1) is 20.3 Å². The average molecular weight is 485 g/mol. The summed E-state index contributed by atoms with van der Waals surface area (Å²) in [4.78, 5) is 8.81. The summed E-state index contributed by atoms with van der Waals surface area (Å²) in [6, 6.07) is 10.0. The van der Waals surface area contributed by atoms with Gasteiger partial charge in [-0.15, -0.1) is 17.4 Å². The molecule has 2 aromatic rings. The van der Waals surface area contributed by atoms with Gasteiger partial charge in [-0.3, -0.25) is 0 Å². The quantitative estimate of drug-likeness (QED) is 0.369. The van der Waals surface area contributed by atoms with E-state index in [1.807, 2.05) is 24.4 Å². The number of methoxy groups -OCH3 is 2. The Hall–Kier alpha value is -3.31. The number of nitrogens with zero attached hydrogens (tertiary/aromatic N) is 4. The minimum absolute atomic E-state index is 0. The second-order valence-corrected chi connectivity index (χ2v) is 8.45. The van der Waals surface area contributed by atoms with Crippen LogP contribution in [0.3, 0.4) is 0 Å². The lowest BCUT2D eigenvalue weighted by Crippen LogP contribution is -2.48. The Morgan fingerprint density at radius 3 is 2.56 bits per heavy atom. The number of halogens is 1. The van der Waals surface area contributed by atoms with Gasteiger partial charge in [0.1, 0.15) is 11.5 Å². The summed E-state index contributed by atoms with van der Waals surface area (Å²) in [6.45, 7) is 2.84. The zero-order valence-corrected chi connectivity index (χ0v) is 20.3. The molecule has 1 saturated heterocycles. The van der Waals surface area contributed by atoms with Crippen LogP contribution in [-0.2, 0) is 12.8 Å². The van der Waals surface area contributed by atoms with Crippen molar-refractivity contribution in [3.05, 3.63) is 47.0 Å². The van der Waals surface area contributed by atoms with Gasteiger partial charge < -0.3 is 28.7 Å². The van der Waals surface area contributed by atoms with Crippen molar-refractivity contribution in [2.75, 3.05) is 40.6 Å². The summed E-state index contributed by atoms with van der Waals surface area (Å²) in [5.41, 5.74) is 3.44. The second-order valence-electron chi connectivity index (χ2n) is 8.45. The highest BCUT2D eigenvalue weighted by atomic mass is 35.5. The minimum atomic E-state index is -0.0445. The maximum Gasteiger partial charge on any atom is 0.231 e. The molecule has 1 fully saturated rings. The van der Waals surface area contributed by atoms with E-state index >= 15 is 0 Å². The van der Waals surface area contributed by atoms with Crippen molar-refractivity contribution >= 4 is 18.4 Å². The molecule has 3 aliphatic heterocycles.